The fourth-order valence-corrected chi connectivity index (χ4v) is 1.62. The number of nitrogens with one attached hydrogen (secondary N) is 1. The van der Waals surface area contributed by atoms with Crippen LogP contribution in [0.2, 0.25) is 0 Å². The van der Waals surface area contributed by atoms with Crippen molar-refractivity contribution in [2.45, 2.75) is 32.7 Å². The smallest absolute Gasteiger partial charge is 0.255 e. The number of para-hydroxylation sites is 1. The average Bonchev–Trinajstić information content (AvgIpc) is 2.41. The van der Waals surface area contributed by atoms with Gasteiger partial charge >= 0.3 is 0 Å². The van der Waals surface area contributed by atoms with Gasteiger partial charge in [0, 0.05) is 0 Å². The number of anilines is 1. The molecule has 4 N–H and O–H groups in total. The molecule has 1 aromatic rings. The lowest BCUT2D eigenvalue weighted by Gasteiger charge is -2.27. The molecule has 0 fully saturated rings. The van der Waals surface area contributed by atoms with E-state index < -0.39 is 5.54 Å². The van der Waals surface area contributed by atoms with Crippen LogP contribution in [0.1, 0.15) is 37.6 Å². The third-order valence-electron chi connectivity index (χ3n) is 3.12. The molecule has 0 saturated carbocycles. The highest BCUT2D eigenvalue weighted by Gasteiger charge is 2.25. The first-order valence-corrected chi connectivity index (χ1v) is 6.42. The molecule has 0 aliphatic heterocycles. The van der Waals surface area contributed by atoms with Gasteiger partial charge in [0.05, 0.1) is 30.0 Å². The van der Waals surface area contributed by atoms with Gasteiger partial charge in [-0.25, -0.2) is 0 Å². The van der Waals surface area contributed by atoms with Crippen molar-refractivity contribution < 1.29 is 14.6 Å². The maximum absolute atomic E-state index is 12.3. The lowest BCUT2D eigenvalue weighted by molar-refractivity contribution is 0.0844. The Bertz CT molecular complexity index is 442. The molecule has 1 amide bonds. The summed E-state index contributed by atoms with van der Waals surface area (Å²) in [4.78, 5) is 12.3. The average molecular weight is 266 g/mol. The highest BCUT2D eigenvalue weighted by Crippen LogP contribution is 2.27. The van der Waals surface area contributed by atoms with Crippen LogP contribution in [-0.4, -0.2) is 29.8 Å². The van der Waals surface area contributed by atoms with Gasteiger partial charge in [0.2, 0.25) is 0 Å². The molecule has 0 spiro atoms. The Hall–Kier alpha value is -1.75. The molecule has 1 rings (SSSR count). The van der Waals surface area contributed by atoms with E-state index in [-0.39, 0.29) is 12.5 Å². The maximum Gasteiger partial charge on any atom is 0.255 e. The summed E-state index contributed by atoms with van der Waals surface area (Å²) in [6.07, 6.45) is 0.627. The molecule has 0 saturated heterocycles. The third-order valence-corrected chi connectivity index (χ3v) is 3.12. The second-order valence-corrected chi connectivity index (χ2v) is 4.68. The standard InChI is InChI=1S/C14H22N2O3/c1-4-14(3,9-17)16-13(18)10-7-6-8-11(15)12(10)19-5-2/h6-8,17H,4-5,9,15H2,1-3H3,(H,16,18). The highest BCUT2D eigenvalue weighted by atomic mass is 16.5. The normalized spacial score (nSPS) is 13.7. The first-order chi connectivity index (χ1) is 8.97. The van der Waals surface area contributed by atoms with Gasteiger partial charge in [-0.1, -0.05) is 13.0 Å². The van der Waals surface area contributed by atoms with E-state index in [9.17, 15) is 9.90 Å². The van der Waals surface area contributed by atoms with Crippen LogP contribution < -0.4 is 15.8 Å². The van der Waals surface area contributed by atoms with Gasteiger partial charge in [-0.2, -0.15) is 0 Å². The van der Waals surface area contributed by atoms with Crippen molar-refractivity contribution in [1.82, 2.24) is 5.32 Å². The molecule has 1 atom stereocenters. The Kier molecular flexibility index (Phi) is 5.18. The van der Waals surface area contributed by atoms with Crippen LogP contribution in [0.4, 0.5) is 5.69 Å². The summed E-state index contributed by atoms with van der Waals surface area (Å²) >= 11 is 0. The van der Waals surface area contributed by atoms with Crippen LogP contribution in [0.3, 0.4) is 0 Å². The first-order valence-electron chi connectivity index (χ1n) is 6.42. The third kappa shape index (κ3) is 3.61. The minimum Gasteiger partial charge on any atom is -0.491 e. The van der Waals surface area contributed by atoms with Gasteiger partial charge < -0.3 is 20.9 Å². The van der Waals surface area contributed by atoms with E-state index in [1.165, 1.54) is 0 Å². The largest absolute Gasteiger partial charge is 0.491 e. The number of ether oxygens (including phenoxy) is 1. The van der Waals surface area contributed by atoms with Crippen molar-refractivity contribution >= 4 is 11.6 Å². The quantitative estimate of drug-likeness (QED) is 0.682. The van der Waals surface area contributed by atoms with Crippen LogP contribution in [-0.2, 0) is 0 Å². The van der Waals surface area contributed by atoms with E-state index in [2.05, 4.69) is 5.32 Å². The number of amides is 1. The Labute approximate surface area is 113 Å². The van der Waals surface area contributed by atoms with Crippen molar-refractivity contribution in [3.8, 4) is 5.75 Å². The summed E-state index contributed by atoms with van der Waals surface area (Å²) in [7, 11) is 0. The monoisotopic (exact) mass is 266 g/mol. The number of aliphatic hydroxyl groups excluding tert-OH is 1. The molecule has 1 aromatic carbocycles. The molecule has 0 radical (unpaired) electrons. The van der Waals surface area contributed by atoms with Gasteiger partial charge in [-0.05, 0) is 32.4 Å². The van der Waals surface area contributed by atoms with Crippen LogP contribution in [0.25, 0.3) is 0 Å². The number of aliphatic hydroxyl groups is 1. The molecular formula is C14H22N2O3. The molecule has 19 heavy (non-hydrogen) atoms. The second kappa shape index (κ2) is 6.43. The summed E-state index contributed by atoms with van der Waals surface area (Å²) in [6.45, 7) is 5.83. The number of carbonyl (C=O) groups is 1. The molecule has 0 bridgehead atoms. The maximum atomic E-state index is 12.3. The van der Waals surface area contributed by atoms with Crippen LogP contribution in [0.15, 0.2) is 18.2 Å². The Balaban J connectivity index is 3.03. The van der Waals surface area contributed by atoms with Gasteiger partial charge in [0.25, 0.3) is 5.91 Å². The lowest BCUT2D eigenvalue weighted by Crippen LogP contribution is -2.48. The predicted octanol–water partition coefficient (Wildman–Crippen LogP) is 1.56. The lowest BCUT2D eigenvalue weighted by atomic mass is 9.99. The number of rotatable bonds is 6. The minimum absolute atomic E-state index is 0.123. The second-order valence-electron chi connectivity index (χ2n) is 4.68. The number of nitrogens with two attached hydrogens (primary N) is 1. The fourth-order valence-electron chi connectivity index (χ4n) is 1.62. The fraction of sp³-hybridized carbons (Fsp3) is 0.500. The number of nitrogen functional groups attached to an aromatic ring is 1. The molecule has 0 aliphatic rings. The van der Waals surface area contributed by atoms with Crippen molar-refractivity contribution in [2.24, 2.45) is 0 Å². The van der Waals surface area contributed by atoms with E-state index in [1.54, 1.807) is 25.1 Å². The van der Waals surface area contributed by atoms with Gasteiger partial charge in [-0.15, -0.1) is 0 Å². The predicted molar refractivity (Wildman–Crippen MR) is 75.3 cm³/mol. The molecule has 0 aliphatic carbocycles. The molecule has 0 heterocycles. The van der Waals surface area contributed by atoms with Crippen molar-refractivity contribution in [3.63, 3.8) is 0 Å². The van der Waals surface area contributed by atoms with E-state index in [0.29, 0.717) is 30.0 Å². The first kappa shape index (κ1) is 15.3. The van der Waals surface area contributed by atoms with Crippen LogP contribution >= 0.6 is 0 Å². The molecule has 1 unspecified atom stereocenters. The zero-order valence-electron chi connectivity index (χ0n) is 11.7. The summed E-state index contributed by atoms with van der Waals surface area (Å²) in [5.41, 5.74) is 5.98. The van der Waals surface area contributed by atoms with E-state index in [0.717, 1.165) is 0 Å². The zero-order valence-corrected chi connectivity index (χ0v) is 11.7. The SMILES string of the molecule is CCOc1c(N)cccc1C(=O)NC(C)(CC)CO. The van der Waals surface area contributed by atoms with Crippen molar-refractivity contribution in [3.05, 3.63) is 23.8 Å². The Morgan fingerprint density at radius 3 is 2.68 bits per heavy atom. The molecule has 106 valence electrons. The van der Waals surface area contributed by atoms with Gasteiger partial charge in [-0.3, -0.25) is 4.79 Å². The van der Waals surface area contributed by atoms with Crippen molar-refractivity contribution in [1.29, 1.82) is 0 Å². The molecular weight excluding hydrogens is 244 g/mol. The number of hydrogen-bond acceptors (Lipinski definition) is 4. The number of hydrogen-bond donors (Lipinski definition) is 3. The van der Waals surface area contributed by atoms with E-state index in [1.807, 2.05) is 13.8 Å². The summed E-state index contributed by atoms with van der Waals surface area (Å²) in [5, 5.41) is 12.1. The minimum atomic E-state index is -0.648. The summed E-state index contributed by atoms with van der Waals surface area (Å²) in [5.74, 6) is 0.0908. The Morgan fingerprint density at radius 1 is 1.47 bits per heavy atom. The van der Waals surface area contributed by atoms with E-state index in [4.69, 9.17) is 10.5 Å². The van der Waals surface area contributed by atoms with Crippen molar-refractivity contribution in [2.75, 3.05) is 18.9 Å². The molecule has 5 heteroatoms. The Morgan fingerprint density at radius 2 is 2.16 bits per heavy atom. The number of carbonyl (C=O) groups excluding carboxylic acids is 1. The van der Waals surface area contributed by atoms with Gasteiger partial charge in [0.1, 0.15) is 0 Å². The topological polar surface area (TPSA) is 84.6 Å². The number of benzene rings is 1. The van der Waals surface area contributed by atoms with E-state index >= 15 is 0 Å². The molecule has 0 aromatic heterocycles. The molecule has 5 nitrogen and oxygen atoms in total. The van der Waals surface area contributed by atoms with Crippen LogP contribution in [0, 0.1) is 0 Å². The zero-order chi connectivity index (χ0) is 14.5. The summed E-state index contributed by atoms with van der Waals surface area (Å²) < 4.78 is 5.42. The summed E-state index contributed by atoms with van der Waals surface area (Å²) in [6, 6.07) is 5.05. The van der Waals surface area contributed by atoms with Crippen LogP contribution in [0.5, 0.6) is 5.75 Å². The van der Waals surface area contributed by atoms with Gasteiger partial charge in [0.15, 0.2) is 5.75 Å². The highest BCUT2D eigenvalue weighted by molar-refractivity contribution is 5.99.